The average Bonchev–Trinajstić information content (AvgIpc) is 2.50. The van der Waals surface area contributed by atoms with Gasteiger partial charge in [-0.3, -0.25) is 0 Å². The summed E-state index contributed by atoms with van der Waals surface area (Å²) in [5.41, 5.74) is 6.76. The van der Waals surface area contributed by atoms with Gasteiger partial charge in [0.25, 0.3) is 0 Å². The van der Waals surface area contributed by atoms with Crippen LogP contribution in [0.1, 0.15) is 6.42 Å². The van der Waals surface area contributed by atoms with Crippen molar-refractivity contribution in [3.8, 4) is 0 Å². The van der Waals surface area contributed by atoms with E-state index in [0.717, 1.165) is 23.1 Å². The fourth-order valence-corrected chi connectivity index (χ4v) is 1.98. The molecule has 76 valence electrons. The van der Waals surface area contributed by atoms with Gasteiger partial charge in [0.05, 0.1) is 6.04 Å². The maximum Gasteiger partial charge on any atom is 0.142 e. The van der Waals surface area contributed by atoms with E-state index in [9.17, 15) is 5.11 Å². The molecule has 3 N–H and O–H groups in total. The normalized spacial score (nSPS) is 26.9. The van der Waals surface area contributed by atoms with Crippen molar-refractivity contribution in [2.75, 3.05) is 11.4 Å². The Morgan fingerprint density at radius 3 is 2.50 bits per heavy atom. The van der Waals surface area contributed by atoms with E-state index in [2.05, 4.69) is 15.9 Å². The van der Waals surface area contributed by atoms with Crippen LogP contribution < -0.4 is 10.6 Å². The molecule has 1 fully saturated rings. The number of hydrogen-bond acceptors (Lipinski definition) is 3. The summed E-state index contributed by atoms with van der Waals surface area (Å²) >= 11 is 3.38. The number of aliphatic hydroxyl groups excluding tert-OH is 1. The molecule has 0 radical (unpaired) electrons. The first-order valence-electron chi connectivity index (χ1n) is 4.64. The number of rotatable bonds is 1. The van der Waals surface area contributed by atoms with Crippen molar-refractivity contribution in [2.24, 2.45) is 5.73 Å². The highest BCUT2D eigenvalue weighted by Gasteiger charge is 2.29. The summed E-state index contributed by atoms with van der Waals surface area (Å²) in [6.45, 7) is 0.823. The van der Waals surface area contributed by atoms with E-state index >= 15 is 0 Å². The Balaban J connectivity index is 2.19. The molecule has 0 saturated carbocycles. The molecule has 14 heavy (non-hydrogen) atoms. The largest absolute Gasteiger partial charge is 0.372 e. The van der Waals surface area contributed by atoms with Gasteiger partial charge in [-0.05, 0) is 30.7 Å². The zero-order valence-corrected chi connectivity index (χ0v) is 9.31. The number of nitrogens with zero attached hydrogens (tertiary/aromatic N) is 1. The molecule has 1 aromatic rings. The van der Waals surface area contributed by atoms with Gasteiger partial charge in [0.15, 0.2) is 0 Å². The monoisotopic (exact) mass is 256 g/mol. The van der Waals surface area contributed by atoms with E-state index in [-0.39, 0.29) is 6.04 Å². The van der Waals surface area contributed by atoms with Crippen molar-refractivity contribution in [3.05, 3.63) is 28.7 Å². The lowest BCUT2D eigenvalue weighted by atomic mass is 10.2. The standard InChI is InChI=1S/C10H13BrN2O/c11-7-1-3-8(4-2-7)13-6-5-9(12)10(13)14/h1-4,9-10,14H,5-6,12H2. The van der Waals surface area contributed by atoms with Crippen molar-refractivity contribution < 1.29 is 5.11 Å². The van der Waals surface area contributed by atoms with Crippen molar-refractivity contribution in [1.29, 1.82) is 0 Å². The van der Waals surface area contributed by atoms with Gasteiger partial charge in [-0.15, -0.1) is 0 Å². The number of hydrogen-bond donors (Lipinski definition) is 2. The Kier molecular flexibility index (Phi) is 2.76. The van der Waals surface area contributed by atoms with Crippen molar-refractivity contribution in [1.82, 2.24) is 0 Å². The lowest BCUT2D eigenvalue weighted by Crippen LogP contribution is -2.39. The zero-order chi connectivity index (χ0) is 10.1. The van der Waals surface area contributed by atoms with Gasteiger partial charge >= 0.3 is 0 Å². The van der Waals surface area contributed by atoms with Gasteiger partial charge in [0.1, 0.15) is 6.23 Å². The van der Waals surface area contributed by atoms with Crippen LogP contribution in [-0.4, -0.2) is 23.9 Å². The summed E-state index contributed by atoms with van der Waals surface area (Å²) in [6, 6.07) is 7.76. The topological polar surface area (TPSA) is 49.5 Å². The third kappa shape index (κ3) is 1.78. The van der Waals surface area contributed by atoms with Crippen LogP contribution in [0.5, 0.6) is 0 Å². The maximum absolute atomic E-state index is 9.77. The summed E-state index contributed by atoms with van der Waals surface area (Å²) < 4.78 is 1.04. The highest BCUT2D eigenvalue weighted by atomic mass is 79.9. The van der Waals surface area contributed by atoms with Crippen LogP contribution in [0.15, 0.2) is 28.7 Å². The highest BCUT2D eigenvalue weighted by Crippen LogP contribution is 2.24. The van der Waals surface area contributed by atoms with Crippen LogP contribution in [0.25, 0.3) is 0 Å². The SMILES string of the molecule is NC1CCN(c2ccc(Br)cc2)C1O. The van der Waals surface area contributed by atoms with Gasteiger partial charge in [-0.1, -0.05) is 15.9 Å². The molecular formula is C10H13BrN2O. The molecule has 0 bridgehead atoms. The third-order valence-corrected chi connectivity index (χ3v) is 3.09. The van der Waals surface area contributed by atoms with E-state index in [1.165, 1.54) is 0 Å². The third-order valence-electron chi connectivity index (χ3n) is 2.56. The molecule has 0 aromatic heterocycles. The summed E-state index contributed by atoms with van der Waals surface area (Å²) in [6.07, 6.45) is 0.299. The highest BCUT2D eigenvalue weighted by molar-refractivity contribution is 9.10. The summed E-state index contributed by atoms with van der Waals surface area (Å²) in [4.78, 5) is 1.93. The van der Waals surface area contributed by atoms with Crippen molar-refractivity contribution in [3.63, 3.8) is 0 Å². The molecular weight excluding hydrogens is 244 g/mol. The molecule has 0 spiro atoms. The number of aliphatic hydroxyl groups is 1. The van der Waals surface area contributed by atoms with Gasteiger partial charge in [0, 0.05) is 16.7 Å². The summed E-state index contributed by atoms with van der Waals surface area (Å²) in [5, 5.41) is 9.77. The Bertz CT molecular complexity index is 314. The second-order valence-electron chi connectivity index (χ2n) is 3.54. The molecule has 0 amide bonds. The smallest absolute Gasteiger partial charge is 0.142 e. The van der Waals surface area contributed by atoms with Crippen LogP contribution in [0.2, 0.25) is 0 Å². The second kappa shape index (κ2) is 3.88. The van der Waals surface area contributed by atoms with E-state index < -0.39 is 6.23 Å². The first-order chi connectivity index (χ1) is 6.68. The lowest BCUT2D eigenvalue weighted by molar-refractivity contribution is 0.167. The fraction of sp³-hybridized carbons (Fsp3) is 0.400. The summed E-state index contributed by atoms with van der Waals surface area (Å²) in [7, 11) is 0. The molecule has 3 nitrogen and oxygen atoms in total. The fourth-order valence-electron chi connectivity index (χ4n) is 1.72. The molecule has 1 aliphatic heterocycles. The Hall–Kier alpha value is -0.580. The minimum atomic E-state index is -0.545. The van der Waals surface area contributed by atoms with Crippen LogP contribution in [0.4, 0.5) is 5.69 Å². The number of halogens is 1. The van der Waals surface area contributed by atoms with E-state index in [0.29, 0.717) is 0 Å². The van der Waals surface area contributed by atoms with Crippen molar-refractivity contribution >= 4 is 21.6 Å². The summed E-state index contributed by atoms with van der Waals surface area (Å²) in [5.74, 6) is 0. The average molecular weight is 257 g/mol. The van der Waals surface area contributed by atoms with Crippen LogP contribution in [0.3, 0.4) is 0 Å². The quantitative estimate of drug-likeness (QED) is 0.797. The van der Waals surface area contributed by atoms with E-state index in [1.807, 2.05) is 29.2 Å². The molecule has 1 aromatic carbocycles. The Morgan fingerprint density at radius 2 is 2.00 bits per heavy atom. The van der Waals surface area contributed by atoms with Gasteiger partial charge in [-0.2, -0.15) is 0 Å². The van der Waals surface area contributed by atoms with Crippen LogP contribution in [0, 0.1) is 0 Å². The molecule has 4 heteroatoms. The van der Waals surface area contributed by atoms with Gasteiger partial charge in [-0.25, -0.2) is 0 Å². The molecule has 1 saturated heterocycles. The molecule has 2 rings (SSSR count). The molecule has 1 aliphatic rings. The van der Waals surface area contributed by atoms with Crippen molar-refractivity contribution in [2.45, 2.75) is 18.7 Å². The zero-order valence-electron chi connectivity index (χ0n) is 7.73. The number of anilines is 1. The molecule has 0 aliphatic carbocycles. The number of benzene rings is 1. The van der Waals surface area contributed by atoms with E-state index in [4.69, 9.17) is 5.73 Å². The van der Waals surface area contributed by atoms with E-state index in [1.54, 1.807) is 0 Å². The minimum absolute atomic E-state index is 0.126. The predicted molar refractivity (Wildman–Crippen MR) is 60.1 cm³/mol. The lowest BCUT2D eigenvalue weighted by Gasteiger charge is -2.23. The maximum atomic E-state index is 9.77. The van der Waals surface area contributed by atoms with Gasteiger partial charge < -0.3 is 15.7 Å². The minimum Gasteiger partial charge on any atom is -0.372 e. The first-order valence-corrected chi connectivity index (χ1v) is 5.43. The molecule has 2 unspecified atom stereocenters. The van der Waals surface area contributed by atoms with Gasteiger partial charge in [0.2, 0.25) is 0 Å². The van der Waals surface area contributed by atoms with Crippen LogP contribution >= 0.6 is 15.9 Å². The second-order valence-corrected chi connectivity index (χ2v) is 4.45. The predicted octanol–water partition coefficient (Wildman–Crippen LogP) is 1.30. The molecule has 1 heterocycles. The molecule has 2 atom stereocenters. The first kappa shape index (κ1) is 9.96. The van der Waals surface area contributed by atoms with Crippen LogP contribution in [-0.2, 0) is 0 Å². The number of nitrogens with two attached hydrogens (primary N) is 1. The Labute approximate surface area is 91.6 Å². The Morgan fingerprint density at radius 1 is 1.36 bits per heavy atom.